The van der Waals surface area contributed by atoms with Crippen molar-refractivity contribution < 1.29 is 4.79 Å². The maximum absolute atomic E-state index is 11.9. The van der Waals surface area contributed by atoms with Crippen LogP contribution in [0.4, 0.5) is 0 Å². The average molecular weight is 381 g/mol. The van der Waals surface area contributed by atoms with Crippen LogP contribution in [0.1, 0.15) is 162 Å². The molecule has 0 aromatic rings. The maximum Gasteiger partial charge on any atom is 0.132 e. The van der Waals surface area contributed by atoms with Crippen LogP contribution in [0.3, 0.4) is 0 Å². The van der Waals surface area contributed by atoms with Crippen molar-refractivity contribution in [1.29, 1.82) is 0 Å². The number of hydrogen-bond acceptors (Lipinski definition) is 1. The van der Waals surface area contributed by atoms with E-state index in [-0.39, 0.29) is 0 Å². The molecule has 0 N–H and O–H groups in total. The molecule has 0 unspecified atom stereocenters. The molecule has 162 valence electrons. The van der Waals surface area contributed by atoms with E-state index in [9.17, 15) is 4.79 Å². The van der Waals surface area contributed by atoms with E-state index in [1.54, 1.807) is 0 Å². The molecule has 0 heterocycles. The zero-order valence-electron chi connectivity index (χ0n) is 19.2. The minimum atomic E-state index is 0.519. The molecule has 27 heavy (non-hydrogen) atoms. The molecule has 0 aromatic heterocycles. The van der Waals surface area contributed by atoms with Gasteiger partial charge in [-0.15, -0.1) is 0 Å². The maximum atomic E-state index is 11.9. The van der Waals surface area contributed by atoms with Crippen LogP contribution in [0.15, 0.2) is 0 Å². The Labute approximate surface area is 172 Å². The van der Waals surface area contributed by atoms with Gasteiger partial charge in [-0.25, -0.2) is 0 Å². The molecule has 0 fully saturated rings. The van der Waals surface area contributed by atoms with E-state index in [4.69, 9.17) is 0 Å². The summed E-state index contributed by atoms with van der Waals surface area (Å²) in [6.45, 7) is 4.56. The predicted octanol–water partition coefficient (Wildman–Crippen LogP) is 9.57. The molecule has 0 aliphatic heterocycles. The van der Waals surface area contributed by atoms with Crippen LogP contribution in [0, 0.1) is 0 Å². The average Bonchev–Trinajstić information content (AvgIpc) is 2.67. The molecular formula is C26H52O. The lowest BCUT2D eigenvalue weighted by molar-refractivity contribution is -0.119. The fraction of sp³-hybridized carbons (Fsp3) is 0.962. The zero-order valence-corrected chi connectivity index (χ0v) is 19.2. The van der Waals surface area contributed by atoms with Gasteiger partial charge in [0, 0.05) is 12.8 Å². The molecule has 0 aliphatic rings. The summed E-state index contributed by atoms with van der Waals surface area (Å²) in [6, 6.07) is 0. The van der Waals surface area contributed by atoms with Crippen LogP contribution in [0.5, 0.6) is 0 Å². The fourth-order valence-corrected chi connectivity index (χ4v) is 3.92. The number of rotatable bonds is 23. The third-order valence-electron chi connectivity index (χ3n) is 5.87. The van der Waals surface area contributed by atoms with Crippen LogP contribution < -0.4 is 0 Å². The van der Waals surface area contributed by atoms with Crippen molar-refractivity contribution in [3.05, 3.63) is 0 Å². The second-order valence-corrected chi connectivity index (χ2v) is 8.76. The van der Waals surface area contributed by atoms with Gasteiger partial charge in [0.05, 0.1) is 0 Å². The van der Waals surface area contributed by atoms with Gasteiger partial charge in [0.1, 0.15) is 5.78 Å². The van der Waals surface area contributed by atoms with Gasteiger partial charge in [-0.1, -0.05) is 136 Å². The van der Waals surface area contributed by atoms with Gasteiger partial charge in [0.25, 0.3) is 0 Å². The summed E-state index contributed by atoms with van der Waals surface area (Å²) < 4.78 is 0. The molecule has 0 aromatic carbocycles. The van der Waals surface area contributed by atoms with Gasteiger partial charge in [0.2, 0.25) is 0 Å². The molecule has 0 bridgehead atoms. The summed E-state index contributed by atoms with van der Waals surface area (Å²) in [6.07, 6.45) is 30.2. The number of carbonyl (C=O) groups is 1. The first-order valence-electron chi connectivity index (χ1n) is 12.8. The second-order valence-electron chi connectivity index (χ2n) is 8.76. The lowest BCUT2D eigenvalue weighted by Gasteiger charge is -2.04. The molecule has 1 heteroatoms. The van der Waals surface area contributed by atoms with Gasteiger partial charge in [0.15, 0.2) is 0 Å². The van der Waals surface area contributed by atoms with E-state index < -0.39 is 0 Å². The highest BCUT2D eigenvalue weighted by Gasteiger charge is 2.02. The summed E-state index contributed by atoms with van der Waals surface area (Å²) in [5.74, 6) is 0.519. The zero-order chi connectivity index (χ0) is 19.8. The molecule has 0 saturated carbocycles. The van der Waals surface area contributed by atoms with Crippen molar-refractivity contribution in [3.63, 3.8) is 0 Å². The van der Waals surface area contributed by atoms with Crippen molar-refractivity contribution in [2.24, 2.45) is 0 Å². The van der Waals surface area contributed by atoms with Gasteiger partial charge in [-0.3, -0.25) is 4.79 Å². The van der Waals surface area contributed by atoms with Crippen LogP contribution >= 0.6 is 0 Å². The standard InChI is InChI=1S/C26H52O/c1-3-5-7-9-11-13-15-17-19-21-23-25-26(27)24-22-20-18-16-14-12-10-8-6-4-2/h3-25H2,1-2H3. The Morgan fingerprint density at radius 1 is 0.370 bits per heavy atom. The number of carbonyl (C=O) groups excluding carboxylic acids is 1. The molecule has 0 atom stereocenters. The Hall–Kier alpha value is -0.330. The first-order chi connectivity index (χ1) is 13.3. The van der Waals surface area contributed by atoms with Crippen molar-refractivity contribution in [2.75, 3.05) is 0 Å². The Morgan fingerprint density at radius 2 is 0.593 bits per heavy atom. The first kappa shape index (κ1) is 26.7. The van der Waals surface area contributed by atoms with E-state index >= 15 is 0 Å². The van der Waals surface area contributed by atoms with E-state index in [0.29, 0.717) is 5.78 Å². The molecule has 1 nitrogen and oxygen atoms in total. The fourth-order valence-electron chi connectivity index (χ4n) is 3.92. The lowest BCUT2D eigenvalue weighted by atomic mass is 10.0. The smallest absolute Gasteiger partial charge is 0.132 e. The molecular weight excluding hydrogens is 328 g/mol. The molecule has 0 saturated heterocycles. The normalized spacial score (nSPS) is 11.2. The third-order valence-corrected chi connectivity index (χ3v) is 5.87. The number of hydrogen-bond donors (Lipinski definition) is 0. The quantitative estimate of drug-likeness (QED) is 0.161. The van der Waals surface area contributed by atoms with Crippen molar-refractivity contribution >= 4 is 5.78 Å². The van der Waals surface area contributed by atoms with Crippen LogP contribution in [-0.2, 0) is 4.79 Å². The summed E-state index contributed by atoms with van der Waals surface area (Å²) in [5, 5.41) is 0. The van der Waals surface area contributed by atoms with E-state index in [1.165, 1.54) is 122 Å². The minimum Gasteiger partial charge on any atom is -0.300 e. The van der Waals surface area contributed by atoms with Gasteiger partial charge in [-0.2, -0.15) is 0 Å². The van der Waals surface area contributed by atoms with Crippen molar-refractivity contribution in [1.82, 2.24) is 0 Å². The minimum absolute atomic E-state index is 0.519. The largest absolute Gasteiger partial charge is 0.300 e. The monoisotopic (exact) mass is 380 g/mol. The Kier molecular flexibility index (Phi) is 23.4. The van der Waals surface area contributed by atoms with Crippen LogP contribution in [-0.4, -0.2) is 5.78 Å². The van der Waals surface area contributed by atoms with E-state index in [0.717, 1.165) is 25.7 Å². The first-order valence-corrected chi connectivity index (χ1v) is 12.8. The van der Waals surface area contributed by atoms with Crippen molar-refractivity contribution in [3.8, 4) is 0 Å². The highest BCUT2D eigenvalue weighted by atomic mass is 16.1. The second kappa shape index (κ2) is 23.7. The summed E-state index contributed by atoms with van der Waals surface area (Å²) in [4.78, 5) is 11.9. The topological polar surface area (TPSA) is 17.1 Å². The Bertz CT molecular complexity index is 284. The number of unbranched alkanes of at least 4 members (excludes halogenated alkanes) is 19. The Balaban J connectivity index is 3.13. The van der Waals surface area contributed by atoms with Gasteiger partial charge in [-0.05, 0) is 12.8 Å². The van der Waals surface area contributed by atoms with Gasteiger partial charge < -0.3 is 0 Å². The summed E-state index contributed by atoms with van der Waals surface area (Å²) in [5.41, 5.74) is 0. The van der Waals surface area contributed by atoms with Crippen LogP contribution in [0.2, 0.25) is 0 Å². The van der Waals surface area contributed by atoms with Crippen LogP contribution in [0.25, 0.3) is 0 Å². The highest BCUT2D eigenvalue weighted by Crippen LogP contribution is 2.14. The lowest BCUT2D eigenvalue weighted by Crippen LogP contribution is -1.97. The Morgan fingerprint density at radius 3 is 0.852 bits per heavy atom. The molecule has 0 aliphatic carbocycles. The molecule has 0 radical (unpaired) electrons. The summed E-state index contributed by atoms with van der Waals surface area (Å²) in [7, 11) is 0. The van der Waals surface area contributed by atoms with E-state index in [2.05, 4.69) is 13.8 Å². The predicted molar refractivity (Wildman–Crippen MR) is 123 cm³/mol. The van der Waals surface area contributed by atoms with Crippen molar-refractivity contribution in [2.45, 2.75) is 162 Å². The van der Waals surface area contributed by atoms with Gasteiger partial charge >= 0.3 is 0 Å². The molecule has 0 amide bonds. The summed E-state index contributed by atoms with van der Waals surface area (Å²) >= 11 is 0. The molecule has 0 rings (SSSR count). The van der Waals surface area contributed by atoms with E-state index in [1.807, 2.05) is 0 Å². The highest BCUT2D eigenvalue weighted by molar-refractivity contribution is 5.78. The molecule has 0 spiro atoms. The number of Topliss-reactive ketones (excluding diaryl/α,β-unsaturated/α-hetero) is 1. The SMILES string of the molecule is CCCCCCCCCCCCCC(=O)CCCCCCCCCCCC. The third kappa shape index (κ3) is 23.6. The number of ketones is 1.